The van der Waals surface area contributed by atoms with Crippen molar-refractivity contribution in [2.75, 3.05) is 20.1 Å². The first-order chi connectivity index (χ1) is 8.20. The van der Waals surface area contributed by atoms with E-state index in [1.54, 1.807) is 0 Å². The molecule has 2 amide bonds. The molecule has 4 nitrogen and oxygen atoms in total. The topological polar surface area (TPSA) is 49.4 Å². The molecule has 2 aliphatic rings. The maximum absolute atomic E-state index is 10.9. The lowest BCUT2D eigenvalue weighted by molar-refractivity contribution is -0.129. The van der Waals surface area contributed by atoms with Crippen LogP contribution in [-0.4, -0.2) is 36.9 Å². The van der Waals surface area contributed by atoms with Gasteiger partial charge in [0.25, 0.3) is 0 Å². The van der Waals surface area contributed by atoms with Gasteiger partial charge in [-0.2, -0.15) is 0 Å². The van der Waals surface area contributed by atoms with Crippen LogP contribution in [0.15, 0.2) is 0 Å². The van der Waals surface area contributed by atoms with Crippen LogP contribution in [0, 0.1) is 0 Å². The molecule has 0 aromatic rings. The van der Waals surface area contributed by atoms with Crippen LogP contribution in [0.4, 0.5) is 0 Å². The SMILES string of the molecule is CN1CCCCCC1=O.O=C1CCCCCN1. The third-order valence-corrected chi connectivity index (χ3v) is 3.21. The van der Waals surface area contributed by atoms with Crippen molar-refractivity contribution in [3.05, 3.63) is 0 Å². The summed E-state index contributed by atoms with van der Waals surface area (Å²) in [7, 11) is 1.88. The van der Waals surface area contributed by atoms with Crippen LogP contribution in [-0.2, 0) is 9.59 Å². The molecule has 98 valence electrons. The van der Waals surface area contributed by atoms with Gasteiger partial charge in [-0.25, -0.2) is 0 Å². The van der Waals surface area contributed by atoms with E-state index in [-0.39, 0.29) is 5.91 Å². The number of carbonyl (C=O) groups is 2. The number of carbonyl (C=O) groups excluding carboxylic acids is 2. The zero-order chi connectivity index (χ0) is 12.5. The number of likely N-dealkylation sites (tertiary alicyclic amines) is 1. The summed E-state index contributed by atoms with van der Waals surface area (Å²) in [5.74, 6) is 0.537. The van der Waals surface area contributed by atoms with E-state index in [1.807, 2.05) is 11.9 Å². The van der Waals surface area contributed by atoms with Crippen LogP contribution < -0.4 is 5.32 Å². The van der Waals surface area contributed by atoms with E-state index in [2.05, 4.69) is 5.32 Å². The summed E-state index contributed by atoms with van der Waals surface area (Å²) in [4.78, 5) is 23.3. The first-order valence-electron chi connectivity index (χ1n) is 6.71. The van der Waals surface area contributed by atoms with E-state index in [0.717, 1.165) is 45.2 Å². The molecule has 2 aliphatic heterocycles. The third kappa shape index (κ3) is 6.29. The Hall–Kier alpha value is -1.06. The predicted molar refractivity (Wildman–Crippen MR) is 67.6 cm³/mol. The zero-order valence-corrected chi connectivity index (χ0v) is 10.8. The molecule has 2 rings (SSSR count). The van der Waals surface area contributed by atoms with Gasteiger partial charge in [0.1, 0.15) is 0 Å². The van der Waals surface area contributed by atoms with Gasteiger partial charge in [0, 0.05) is 33.0 Å². The van der Waals surface area contributed by atoms with Crippen LogP contribution in [0.2, 0.25) is 0 Å². The Labute approximate surface area is 104 Å². The fourth-order valence-corrected chi connectivity index (χ4v) is 2.02. The quantitative estimate of drug-likeness (QED) is 0.700. The van der Waals surface area contributed by atoms with Crippen LogP contribution >= 0.6 is 0 Å². The standard InChI is InChI=1S/C7H13NO.C6H11NO/c1-8-6-4-2-3-5-7(8)9;8-6-4-2-1-3-5-7-6/h2-6H2,1H3;1-5H2,(H,7,8). The molecule has 0 unspecified atom stereocenters. The van der Waals surface area contributed by atoms with Crippen molar-refractivity contribution in [3.63, 3.8) is 0 Å². The second-order valence-electron chi connectivity index (χ2n) is 4.79. The molecule has 2 fully saturated rings. The molecule has 0 saturated carbocycles. The van der Waals surface area contributed by atoms with Gasteiger partial charge in [-0.3, -0.25) is 9.59 Å². The maximum Gasteiger partial charge on any atom is 0.222 e. The van der Waals surface area contributed by atoms with Crippen LogP contribution in [0.5, 0.6) is 0 Å². The first kappa shape index (κ1) is 14.0. The highest BCUT2D eigenvalue weighted by Gasteiger charge is 2.10. The Morgan fingerprint density at radius 1 is 0.941 bits per heavy atom. The maximum atomic E-state index is 10.9. The molecule has 0 spiro atoms. The second kappa shape index (κ2) is 8.09. The molecule has 0 bridgehead atoms. The van der Waals surface area contributed by atoms with E-state index in [4.69, 9.17) is 0 Å². The first-order valence-corrected chi connectivity index (χ1v) is 6.71. The normalized spacial score (nSPS) is 21.8. The third-order valence-electron chi connectivity index (χ3n) is 3.21. The number of nitrogens with zero attached hydrogens (tertiary/aromatic N) is 1. The van der Waals surface area contributed by atoms with Gasteiger partial charge < -0.3 is 10.2 Å². The van der Waals surface area contributed by atoms with E-state index in [9.17, 15) is 9.59 Å². The molecule has 4 heteroatoms. The molecule has 17 heavy (non-hydrogen) atoms. The van der Waals surface area contributed by atoms with Crippen molar-refractivity contribution in [2.24, 2.45) is 0 Å². The number of hydrogen-bond donors (Lipinski definition) is 1. The van der Waals surface area contributed by atoms with Crippen molar-refractivity contribution < 1.29 is 9.59 Å². The van der Waals surface area contributed by atoms with Crippen molar-refractivity contribution in [1.82, 2.24) is 10.2 Å². The van der Waals surface area contributed by atoms with Gasteiger partial charge in [-0.1, -0.05) is 12.8 Å². The highest BCUT2D eigenvalue weighted by molar-refractivity contribution is 5.76. The Kier molecular flexibility index (Phi) is 6.67. The number of amides is 2. The largest absolute Gasteiger partial charge is 0.356 e. The Balaban J connectivity index is 0.000000171. The molecule has 0 aromatic heterocycles. The van der Waals surface area contributed by atoms with Gasteiger partial charge >= 0.3 is 0 Å². The van der Waals surface area contributed by atoms with Crippen molar-refractivity contribution >= 4 is 11.8 Å². The number of hydrogen-bond acceptors (Lipinski definition) is 2. The summed E-state index contributed by atoms with van der Waals surface area (Å²) >= 11 is 0. The minimum absolute atomic E-state index is 0.225. The van der Waals surface area contributed by atoms with Gasteiger partial charge in [-0.15, -0.1) is 0 Å². The number of rotatable bonds is 0. The lowest BCUT2D eigenvalue weighted by atomic mass is 10.2. The van der Waals surface area contributed by atoms with Crippen LogP contribution in [0.1, 0.15) is 51.4 Å². The summed E-state index contributed by atoms with van der Waals surface area (Å²) < 4.78 is 0. The second-order valence-corrected chi connectivity index (χ2v) is 4.79. The summed E-state index contributed by atoms with van der Waals surface area (Å²) in [5, 5.41) is 2.81. The monoisotopic (exact) mass is 240 g/mol. The molecule has 2 heterocycles. The van der Waals surface area contributed by atoms with Gasteiger partial charge in [0.15, 0.2) is 0 Å². The minimum atomic E-state index is 0.225. The van der Waals surface area contributed by atoms with E-state index < -0.39 is 0 Å². The zero-order valence-electron chi connectivity index (χ0n) is 10.8. The smallest absolute Gasteiger partial charge is 0.222 e. The molecule has 2 saturated heterocycles. The van der Waals surface area contributed by atoms with Crippen LogP contribution in [0.25, 0.3) is 0 Å². The Morgan fingerprint density at radius 3 is 2.47 bits per heavy atom. The molecular formula is C13H24N2O2. The Morgan fingerprint density at radius 2 is 1.65 bits per heavy atom. The average Bonchev–Trinajstić information content (AvgIpc) is 2.65. The van der Waals surface area contributed by atoms with E-state index in [1.165, 1.54) is 19.3 Å². The number of nitrogens with one attached hydrogen (secondary N) is 1. The fraction of sp³-hybridized carbons (Fsp3) is 0.846. The average molecular weight is 240 g/mol. The molecule has 1 N–H and O–H groups in total. The Bertz CT molecular complexity index is 244. The predicted octanol–water partition coefficient (Wildman–Crippen LogP) is 1.70. The molecule has 0 atom stereocenters. The molecule has 0 aliphatic carbocycles. The fourth-order valence-electron chi connectivity index (χ4n) is 2.02. The molecular weight excluding hydrogens is 216 g/mol. The van der Waals surface area contributed by atoms with E-state index in [0.29, 0.717) is 5.91 Å². The molecule has 0 radical (unpaired) electrons. The summed E-state index contributed by atoms with van der Waals surface area (Å²) in [5.41, 5.74) is 0. The lowest BCUT2D eigenvalue weighted by Crippen LogP contribution is -2.25. The van der Waals surface area contributed by atoms with Crippen molar-refractivity contribution in [3.8, 4) is 0 Å². The summed E-state index contributed by atoms with van der Waals surface area (Å²) in [6.07, 6.45) is 8.42. The van der Waals surface area contributed by atoms with Crippen molar-refractivity contribution in [1.29, 1.82) is 0 Å². The lowest BCUT2D eigenvalue weighted by Gasteiger charge is -2.11. The van der Waals surface area contributed by atoms with Gasteiger partial charge in [0.05, 0.1) is 0 Å². The van der Waals surface area contributed by atoms with Gasteiger partial charge in [-0.05, 0) is 25.7 Å². The van der Waals surface area contributed by atoms with Gasteiger partial charge in [0.2, 0.25) is 11.8 Å². The highest BCUT2D eigenvalue weighted by atomic mass is 16.2. The van der Waals surface area contributed by atoms with Crippen molar-refractivity contribution in [2.45, 2.75) is 51.4 Å². The van der Waals surface area contributed by atoms with E-state index >= 15 is 0 Å². The summed E-state index contributed by atoms with van der Waals surface area (Å²) in [6.45, 7) is 1.84. The van der Waals surface area contributed by atoms with Crippen LogP contribution in [0.3, 0.4) is 0 Å². The molecule has 0 aromatic carbocycles. The highest BCUT2D eigenvalue weighted by Crippen LogP contribution is 2.08. The summed E-state index contributed by atoms with van der Waals surface area (Å²) in [6, 6.07) is 0. The minimum Gasteiger partial charge on any atom is -0.356 e.